The largest absolute Gasteiger partial charge is 0.468 e. The SMILES string of the molecule is NC(=O)c1ccoc1[C@@H]1CCC[C@](O)(C#Cc2cccc(Cl)c2)C1. The lowest BCUT2D eigenvalue weighted by molar-refractivity contribution is 0.0483. The van der Waals surface area contributed by atoms with Crippen LogP contribution in [0.15, 0.2) is 41.0 Å². The monoisotopic (exact) mass is 343 g/mol. The van der Waals surface area contributed by atoms with Crippen molar-refractivity contribution in [3.05, 3.63) is 58.5 Å². The van der Waals surface area contributed by atoms with E-state index in [1.807, 2.05) is 12.1 Å². The Hall–Kier alpha value is -2.22. The van der Waals surface area contributed by atoms with Crippen molar-refractivity contribution in [2.75, 3.05) is 0 Å². The Morgan fingerprint density at radius 3 is 3.00 bits per heavy atom. The number of hydrogen-bond donors (Lipinski definition) is 2. The quantitative estimate of drug-likeness (QED) is 0.820. The molecule has 0 saturated heterocycles. The molecule has 1 fully saturated rings. The molecule has 1 aromatic carbocycles. The van der Waals surface area contributed by atoms with Crippen molar-refractivity contribution < 1.29 is 14.3 Å². The molecule has 1 aromatic heterocycles. The van der Waals surface area contributed by atoms with E-state index in [0.29, 0.717) is 29.2 Å². The van der Waals surface area contributed by atoms with Gasteiger partial charge < -0.3 is 15.3 Å². The van der Waals surface area contributed by atoms with Crippen molar-refractivity contribution in [2.45, 2.75) is 37.2 Å². The number of aliphatic hydroxyl groups is 1. The average molecular weight is 344 g/mol. The molecule has 5 heteroatoms. The van der Waals surface area contributed by atoms with E-state index in [-0.39, 0.29) is 5.92 Å². The average Bonchev–Trinajstić information content (AvgIpc) is 3.03. The summed E-state index contributed by atoms with van der Waals surface area (Å²) in [5.41, 5.74) is 5.40. The molecule has 1 aliphatic carbocycles. The molecule has 4 nitrogen and oxygen atoms in total. The second-order valence-corrected chi connectivity index (χ2v) is 6.58. The maximum absolute atomic E-state index is 11.5. The number of nitrogens with two attached hydrogens (primary N) is 1. The summed E-state index contributed by atoms with van der Waals surface area (Å²) in [5.74, 6) is 5.92. The molecule has 0 spiro atoms. The molecule has 1 aliphatic rings. The molecule has 1 amide bonds. The van der Waals surface area contributed by atoms with Gasteiger partial charge in [0.25, 0.3) is 5.91 Å². The van der Waals surface area contributed by atoms with Gasteiger partial charge >= 0.3 is 0 Å². The van der Waals surface area contributed by atoms with Gasteiger partial charge in [-0.15, -0.1) is 0 Å². The van der Waals surface area contributed by atoms with Gasteiger partial charge in [-0.2, -0.15) is 0 Å². The second-order valence-electron chi connectivity index (χ2n) is 6.15. The van der Waals surface area contributed by atoms with E-state index in [4.69, 9.17) is 21.8 Å². The number of rotatable bonds is 2. The molecule has 0 bridgehead atoms. The van der Waals surface area contributed by atoms with Gasteiger partial charge in [0.2, 0.25) is 0 Å². The van der Waals surface area contributed by atoms with E-state index in [1.165, 1.54) is 6.26 Å². The highest BCUT2D eigenvalue weighted by molar-refractivity contribution is 6.30. The minimum atomic E-state index is -1.12. The van der Waals surface area contributed by atoms with Crippen LogP contribution in [0.2, 0.25) is 5.02 Å². The third-order valence-electron chi connectivity index (χ3n) is 4.32. The Kier molecular flexibility index (Phi) is 4.66. The first kappa shape index (κ1) is 16.6. The highest BCUT2D eigenvalue weighted by Crippen LogP contribution is 2.39. The number of benzene rings is 1. The van der Waals surface area contributed by atoms with Crippen LogP contribution in [0.5, 0.6) is 0 Å². The van der Waals surface area contributed by atoms with Gasteiger partial charge in [-0.25, -0.2) is 0 Å². The predicted octanol–water partition coefficient (Wildman–Crippen LogP) is 3.47. The van der Waals surface area contributed by atoms with Crippen LogP contribution < -0.4 is 5.73 Å². The van der Waals surface area contributed by atoms with E-state index in [0.717, 1.165) is 18.4 Å². The maximum Gasteiger partial charge on any atom is 0.252 e. The van der Waals surface area contributed by atoms with E-state index in [2.05, 4.69) is 11.8 Å². The second kappa shape index (κ2) is 6.72. The van der Waals surface area contributed by atoms with Crippen molar-refractivity contribution in [1.29, 1.82) is 0 Å². The summed E-state index contributed by atoms with van der Waals surface area (Å²) >= 11 is 5.95. The Morgan fingerprint density at radius 2 is 2.25 bits per heavy atom. The lowest BCUT2D eigenvalue weighted by Crippen LogP contribution is -2.33. The molecule has 2 atom stereocenters. The summed E-state index contributed by atoms with van der Waals surface area (Å²) in [6.07, 6.45) is 4.08. The molecular formula is C19H18ClNO3. The summed E-state index contributed by atoms with van der Waals surface area (Å²) in [7, 11) is 0. The lowest BCUT2D eigenvalue weighted by atomic mass is 9.76. The summed E-state index contributed by atoms with van der Waals surface area (Å²) < 4.78 is 5.46. The fourth-order valence-electron chi connectivity index (χ4n) is 3.19. The van der Waals surface area contributed by atoms with Gasteiger partial charge in [0.15, 0.2) is 0 Å². The number of carbonyl (C=O) groups is 1. The summed E-state index contributed by atoms with van der Waals surface area (Å²) in [5, 5.41) is 11.4. The third-order valence-corrected chi connectivity index (χ3v) is 4.56. The normalized spacial score (nSPS) is 23.3. The van der Waals surface area contributed by atoms with Crippen molar-refractivity contribution in [3.8, 4) is 11.8 Å². The standard InChI is InChI=1S/C19H18ClNO3/c20-15-5-1-3-13(11-15)6-9-19(23)8-2-4-14(12-19)17-16(18(21)22)7-10-24-17/h1,3,5,7,10-11,14,23H,2,4,8,12H2,(H2,21,22)/t14-,19+/m1/s1. The Morgan fingerprint density at radius 1 is 1.42 bits per heavy atom. The molecule has 3 rings (SSSR count). The molecule has 24 heavy (non-hydrogen) atoms. The summed E-state index contributed by atoms with van der Waals surface area (Å²) in [4.78, 5) is 11.5. The molecule has 2 aromatic rings. The van der Waals surface area contributed by atoms with Gasteiger partial charge in [0.1, 0.15) is 11.4 Å². The topological polar surface area (TPSA) is 76.5 Å². The van der Waals surface area contributed by atoms with Gasteiger partial charge in [0.05, 0.1) is 11.8 Å². The number of furan rings is 1. The van der Waals surface area contributed by atoms with E-state index >= 15 is 0 Å². The molecule has 0 radical (unpaired) electrons. The van der Waals surface area contributed by atoms with Crippen LogP contribution in [-0.4, -0.2) is 16.6 Å². The summed E-state index contributed by atoms with van der Waals surface area (Å²) in [6, 6.07) is 8.78. The van der Waals surface area contributed by atoms with Crippen LogP contribution in [0.1, 0.15) is 53.3 Å². The van der Waals surface area contributed by atoms with Crippen molar-refractivity contribution in [3.63, 3.8) is 0 Å². The third kappa shape index (κ3) is 3.64. The number of hydrogen-bond acceptors (Lipinski definition) is 3. The zero-order valence-electron chi connectivity index (χ0n) is 13.1. The first-order chi connectivity index (χ1) is 11.5. The van der Waals surface area contributed by atoms with Crippen molar-refractivity contribution in [2.24, 2.45) is 5.73 Å². The first-order valence-electron chi connectivity index (χ1n) is 7.85. The van der Waals surface area contributed by atoms with Gasteiger partial charge in [-0.3, -0.25) is 4.79 Å². The van der Waals surface area contributed by atoms with Crippen LogP contribution >= 0.6 is 11.6 Å². The molecular weight excluding hydrogens is 326 g/mol. The molecule has 3 N–H and O–H groups in total. The van der Waals surface area contributed by atoms with Crippen LogP contribution in [0.4, 0.5) is 0 Å². The number of amides is 1. The zero-order chi connectivity index (χ0) is 17.2. The highest BCUT2D eigenvalue weighted by atomic mass is 35.5. The molecule has 0 aliphatic heterocycles. The Bertz CT molecular complexity index is 817. The fraction of sp³-hybridized carbons (Fsp3) is 0.316. The van der Waals surface area contributed by atoms with Crippen molar-refractivity contribution >= 4 is 17.5 Å². The van der Waals surface area contributed by atoms with Crippen molar-refractivity contribution in [1.82, 2.24) is 0 Å². The predicted molar refractivity (Wildman–Crippen MR) is 91.7 cm³/mol. The molecule has 124 valence electrons. The van der Waals surface area contributed by atoms with Gasteiger partial charge in [0, 0.05) is 16.5 Å². The fourth-order valence-corrected chi connectivity index (χ4v) is 3.38. The highest BCUT2D eigenvalue weighted by Gasteiger charge is 2.36. The molecule has 1 heterocycles. The number of halogens is 1. The number of primary amides is 1. The van der Waals surface area contributed by atoms with Crippen LogP contribution in [0.25, 0.3) is 0 Å². The van der Waals surface area contributed by atoms with E-state index in [1.54, 1.807) is 18.2 Å². The first-order valence-corrected chi connectivity index (χ1v) is 8.23. The summed E-state index contributed by atoms with van der Waals surface area (Å²) in [6.45, 7) is 0. The van der Waals surface area contributed by atoms with Gasteiger partial charge in [-0.05, 0) is 49.9 Å². The van der Waals surface area contributed by atoms with Gasteiger partial charge in [-0.1, -0.05) is 29.5 Å². The Labute approximate surface area is 145 Å². The molecule has 1 saturated carbocycles. The maximum atomic E-state index is 11.5. The van der Waals surface area contributed by atoms with E-state index in [9.17, 15) is 9.90 Å². The zero-order valence-corrected chi connectivity index (χ0v) is 13.8. The van der Waals surface area contributed by atoms with E-state index < -0.39 is 11.5 Å². The Balaban J connectivity index is 1.82. The van der Waals surface area contributed by atoms with Crippen LogP contribution in [0, 0.1) is 11.8 Å². The number of carbonyl (C=O) groups excluding carboxylic acids is 1. The lowest BCUT2D eigenvalue weighted by Gasteiger charge is -2.32. The minimum absolute atomic E-state index is 0.0742. The smallest absolute Gasteiger partial charge is 0.252 e. The minimum Gasteiger partial charge on any atom is -0.468 e. The molecule has 0 unspecified atom stereocenters. The van der Waals surface area contributed by atoms with Crippen LogP contribution in [0.3, 0.4) is 0 Å². The van der Waals surface area contributed by atoms with Crippen LogP contribution in [-0.2, 0) is 0 Å².